The van der Waals surface area contributed by atoms with Crippen LogP contribution in [-0.2, 0) is 11.3 Å². The number of nitrogens with one attached hydrogen (secondary N) is 1. The second-order valence-corrected chi connectivity index (χ2v) is 7.85. The van der Waals surface area contributed by atoms with E-state index < -0.39 is 12.5 Å². The van der Waals surface area contributed by atoms with E-state index in [1.165, 1.54) is 12.1 Å². The van der Waals surface area contributed by atoms with Gasteiger partial charge in [-0.3, -0.25) is 9.67 Å². The molecule has 1 aromatic carbocycles. The summed E-state index contributed by atoms with van der Waals surface area (Å²) >= 11 is 0. The predicted molar refractivity (Wildman–Crippen MR) is 113 cm³/mol. The van der Waals surface area contributed by atoms with Gasteiger partial charge in [-0.15, -0.1) is 13.2 Å². The maximum atomic E-state index is 12.3. The number of benzene rings is 1. The molecule has 2 aromatic heterocycles. The van der Waals surface area contributed by atoms with Crippen LogP contribution >= 0.6 is 0 Å². The maximum absolute atomic E-state index is 12.3. The Hall–Kier alpha value is -3.56. The average molecular weight is 460 g/mol. The molecule has 0 unspecified atom stereocenters. The molecule has 1 N–H and O–H groups in total. The van der Waals surface area contributed by atoms with Gasteiger partial charge in [-0.25, -0.2) is 4.79 Å². The van der Waals surface area contributed by atoms with Crippen LogP contribution < -0.4 is 10.1 Å². The van der Waals surface area contributed by atoms with E-state index in [9.17, 15) is 18.0 Å². The zero-order valence-corrected chi connectivity index (χ0v) is 17.7. The highest BCUT2D eigenvalue weighted by Gasteiger charge is 2.31. The van der Waals surface area contributed by atoms with Gasteiger partial charge in [0.25, 0.3) is 0 Å². The van der Waals surface area contributed by atoms with Crippen molar-refractivity contribution < 1.29 is 27.4 Å². The largest absolute Gasteiger partial charge is 0.573 e. The molecule has 1 fully saturated rings. The molecular formula is C23H23F3N4O3. The van der Waals surface area contributed by atoms with E-state index in [0.29, 0.717) is 11.3 Å². The van der Waals surface area contributed by atoms with E-state index in [-0.39, 0.29) is 24.4 Å². The van der Waals surface area contributed by atoms with E-state index in [1.54, 1.807) is 6.20 Å². The normalized spacial score (nSPS) is 18.5. The van der Waals surface area contributed by atoms with Crippen molar-refractivity contribution >= 4 is 6.09 Å². The molecule has 10 heteroatoms. The highest BCUT2D eigenvalue weighted by atomic mass is 19.4. The monoisotopic (exact) mass is 460 g/mol. The van der Waals surface area contributed by atoms with Crippen molar-refractivity contribution in [3.63, 3.8) is 0 Å². The van der Waals surface area contributed by atoms with Crippen molar-refractivity contribution in [3.8, 4) is 17.0 Å². The third-order valence-electron chi connectivity index (χ3n) is 5.47. The maximum Gasteiger partial charge on any atom is 0.573 e. The quantitative estimate of drug-likeness (QED) is 0.543. The lowest BCUT2D eigenvalue weighted by molar-refractivity contribution is -0.274. The summed E-state index contributed by atoms with van der Waals surface area (Å²) in [5.74, 6) is -0.369. The molecule has 33 heavy (non-hydrogen) atoms. The van der Waals surface area contributed by atoms with Crippen LogP contribution in [0.5, 0.6) is 5.75 Å². The van der Waals surface area contributed by atoms with Crippen LogP contribution in [0.2, 0.25) is 0 Å². The first kappa shape index (κ1) is 22.6. The molecule has 0 radical (unpaired) electrons. The van der Waals surface area contributed by atoms with Gasteiger partial charge in [0.1, 0.15) is 12.4 Å². The molecule has 7 nitrogen and oxygen atoms in total. The number of pyridine rings is 1. The van der Waals surface area contributed by atoms with Crippen molar-refractivity contribution in [1.82, 2.24) is 20.1 Å². The summed E-state index contributed by atoms with van der Waals surface area (Å²) in [6, 6.07) is 12.4. The molecule has 4 rings (SSSR count). The molecule has 1 saturated carbocycles. The molecule has 1 aliphatic carbocycles. The molecule has 3 aromatic rings. The lowest BCUT2D eigenvalue weighted by Crippen LogP contribution is -2.38. The summed E-state index contributed by atoms with van der Waals surface area (Å²) in [5.41, 5.74) is 2.15. The van der Waals surface area contributed by atoms with Crippen molar-refractivity contribution in [2.24, 2.45) is 0 Å². The summed E-state index contributed by atoms with van der Waals surface area (Å²) in [5, 5.41) is 7.32. The number of hydrogen-bond donors (Lipinski definition) is 1. The van der Waals surface area contributed by atoms with Gasteiger partial charge in [0.05, 0.1) is 24.1 Å². The zero-order chi connectivity index (χ0) is 23.3. The SMILES string of the molecule is O=C(NC1CCC(n2cc(-c3ccc(OC(F)(F)F)cn3)cn2)CC1)OCc1ccccc1. The minimum Gasteiger partial charge on any atom is -0.445 e. The van der Waals surface area contributed by atoms with E-state index in [4.69, 9.17) is 4.74 Å². The predicted octanol–water partition coefficient (Wildman–Crippen LogP) is 5.25. The molecule has 0 spiro atoms. The van der Waals surface area contributed by atoms with Gasteiger partial charge in [-0.1, -0.05) is 30.3 Å². The van der Waals surface area contributed by atoms with Gasteiger partial charge in [-0.05, 0) is 43.4 Å². The van der Waals surface area contributed by atoms with Gasteiger partial charge in [0.15, 0.2) is 0 Å². The molecular weight excluding hydrogens is 437 g/mol. The van der Waals surface area contributed by atoms with Gasteiger partial charge >= 0.3 is 12.5 Å². The van der Waals surface area contributed by atoms with Crippen LogP contribution in [0.4, 0.5) is 18.0 Å². The number of ether oxygens (including phenoxy) is 2. The number of alkyl carbamates (subject to hydrolysis) is 1. The summed E-state index contributed by atoms with van der Waals surface area (Å²) in [4.78, 5) is 16.1. The summed E-state index contributed by atoms with van der Waals surface area (Å²) in [6.07, 6.45) is 2.58. The molecule has 1 amide bonds. The molecule has 0 atom stereocenters. The first-order chi connectivity index (χ1) is 15.9. The molecule has 0 aliphatic heterocycles. The van der Waals surface area contributed by atoms with E-state index in [0.717, 1.165) is 37.4 Å². The number of halogens is 3. The number of carbonyl (C=O) groups excluding carboxylic acids is 1. The van der Waals surface area contributed by atoms with Crippen LogP contribution in [0.3, 0.4) is 0 Å². The smallest absolute Gasteiger partial charge is 0.445 e. The average Bonchev–Trinajstić information content (AvgIpc) is 3.29. The summed E-state index contributed by atoms with van der Waals surface area (Å²) < 4.78 is 47.8. The van der Waals surface area contributed by atoms with Crippen molar-refractivity contribution in [1.29, 1.82) is 0 Å². The van der Waals surface area contributed by atoms with Crippen LogP contribution in [0.25, 0.3) is 11.3 Å². The Bertz CT molecular complexity index is 1050. The Balaban J connectivity index is 1.25. The Morgan fingerprint density at radius 1 is 1.06 bits per heavy atom. The minimum absolute atomic E-state index is 0.0439. The van der Waals surface area contributed by atoms with E-state index in [1.807, 2.05) is 41.2 Å². The topological polar surface area (TPSA) is 78.3 Å². The van der Waals surface area contributed by atoms with E-state index >= 15 is 0 Å². The number of carbonyl (C=O) groups is 1. The standard InChI is InChI=1S/C23H23F3N4O3/c24-23(25,26)33-20-10-11-21(27-13-20)17-12-28-30(14-17)19-8-6-18(7-9-19)29-22(31)32-15-16-4-2-1-3-5-16/h1-5,10-14,18-19H,6-9,15H2,(H,29,31). The second-order valence-electron chi connectivity index (χ2n) is 7.85. The van der Waals surface area contributed by atoms with Crippen molar-refractivity contribution in [2.45, 2.75) is 50.7 Å². The highest BCUT2D eigenvalue weighted by Crippen LogP contribution is 2.30. The minimum atomic E-state index is -4.75. The number of aromatic nitrogens is 3. The number of hydrogen-bond acceptors (Lipinski definition) is 5. The third kappa shape index (κ3) is 6.47. The van der Waals surface area contributed by atoms with Gasteiger partial charge in [-0.2, -0.15) is 5.10 Å². The van der Waals surface area contributed by atoms with Crippen molar-refractivity contribution in [2.75, 3.05) is 0 Å². The van der Waals surface area contributed by atoms with Crippen LogP contribution in [-0.4, -0.2) is 33.3 Å². The number of alkyl halides is 3. The van der Waals surface area contributed by atoms with Gasteiger partial charge in [0, 0.05) is 17.8 Å². The summed E-state index contributed by atoms with van der Waals surface area (Å²) in [6.45, 7) is 0.232. The van der Waals surface area contributed by atoms with Gasteiger partial charge < -0.3 is 14.8 Å². The molecule has 0 bridgehead atoms. The fraction of sp³-hybridized carbons (Fsp3) is 0.348. The highest BCUT2D eigenvalue weighted by molar-refractivity contribution is 5.67. The van der Waals surface area contributed by atoms with Crippen LogP contribution in [0.1, 0.15) is 37.3 Å². The Labute approximate surface area is 188 Å². The Morgan fingerprint density at radius 2 is 1.82 bits per heavy atom. The number of nitrogens with zero attached hydrogens (tertiary/aromatic N) is 3. The van der Waals surface area contributed by atoms with Crippen LogP contribution in [0, 0.1) is 0 Å². The zero-order valence-electron chi connectivity index (χ0n) is 17.7. The number of amides is 1. The Kier molecular flexibility index (Phi) is 6.81. The molecule has 0 saturated heterocycles. The van der Waals surface area contributed by atoms with Gasteiger partial charge in [0.2, 0.25) is 0 Å². The fourth-order valence-corrected chi connectivity index (χ4v) is 3.83. The lowest BCUT2D eigenvalue weighted by Gasteiger charge is -2.29. The van der Waals surface area contributed by atoms with Crippen molar-refractivity contribution in [3.05, 3.63) is 66.6 Å². The Morgan fingerprint density at radius 3 is 2.48 bits per heavy atom. The lowest BCUT2D eigenvalue weighted by atomic mass is 9.91. The molecule has 174 valence electrons. The molecule has 1 aliphatic rings. The first-order valence-electron chi connectivity index (χ1n) is 10.6. The van der Waals surface area contributed by atoms with E-state index in [2.05, 4.69) is 20.1 Å². The fourth-order valence-electron chi connectivity index (χ4n) is 3.83. The third-order valence-corrected chi connectivity index (χ3v) is 5.47. The number of rotatable bonds is 6. The first-order valence-corrected chi connectivity index (χ1v) is 10.6. The second kappa shape index (κ2) is 9.93. The molecule has 2 heterocycles. The summed E-state index contributed by atoms with van der Waals surface area (Å²) in [7, 11) is 0. The van der Waals surface area contributed by atoms with Crippen LogP contribution in [0.15, 0.2) is 61.1 Å².